The molecule has 24 heavy (non-hydrogen) atoms. The van der Waals surface area contributed by atoms with E-state index in [-0.39, 0.29) is 24.8 Å². The van der Waals surface area contributed by atoms with Crippen molar-refractivity contribution in [3.8, 4) is 0 Å². The van der Waals surface area contributed by atoms with Crippen LogP contribution in [0.5, 0.6) is 0 Å². The second-order valence-corrected chi connectivity index (χ2v) is 7.38. The van der Waals surface area contributed by atoms with Gasteiger partial charge in [-0.05, 0) is 56.1 Å². The Morgan fingerprint density at radius 3 is 2.54 bits per heavy atom. The van der Waals surface area contributed by atoms with Gasteiger partial charge in [-0.15, -0.1) is 24.8 Å². The van der Waals surface area contributed by atoms with Gasteiger partial charge in [0.25, 0.3) is 0 Å². The van der Waals surface area contributed by atoms with Crippen molar-refractivity contribution in [3.63, 3.8) is 0 Å². The van der Waals surface area contributed by atoms with Crippen LogP contribution in [-0.4, -0.2) is 35.1 Å². The first kappa shape index (κ1) is 19.6. The summed E-state index contributed by atoms with van der Waals surface area (Å²) < 4.78 is 0. The lowest BCUT2D eigenvalue weighted by Crippen LogP contribution is -2.51. The summed E-state index contributed by atoms with van der Waals surface area (Å²) in [6.45, 7) is 4.82. The number of nitrogens with two attached hydrogens (primary N) is 1. The van der Waals surface area contributed by atoms with Crippen molar-refractivity contribution in [2.75, 3.05) is 13.1 Å². The van der Waals surface area contributed by atoms with Gasteiger partial charge in [-0.3, -0.25) is 4.90 Å². The number of H-pyrrole nitrogens is 1. The summed E-state index contributed by atoms with van der Waals surface area (Å²) >= 11 is 0. The molecule has 0 spiro atoms. The van der Waals surface area contributed by atoms with E-state index in [9.17, 15) is 0 Å². The zero-order valence-corrected chi connectivity index (χ0v) is 15.9. The molecule has 2 unspecified atom stereocenters. The zero-order chi connectivity index (χ0) is 15.1. The molecule has 2 bridgehead atoms. The molecule has 1 aliphatic carbocycles. The van der Waals surface area contributed by atoms with Crippen LogP contribution in [0.4, 0.5) is 0 Å². The van der Waals surface area contributed by atoms with Gasteiger partial charge in [0.2, 0.25) is 0 Å². The second-order valence-electron chi connectivity index (χ2n) is 7.38. The number of halogens is 2. The normalized spacial score (nSPS) is 27.5. The van der Waals surface area contributed by atoms with Crippen LogP contribution in [0, 0.1) is 11.8 Å². The zero-order valence-electron chi connectivity index (χ0n) is 14.3. The Labute approximate surface area is 157 Å². The first-order valence-electron chi connectivity index (χ1n) is 8.77. The fourth-order valence-electron chi connectivity index (χ4n) is 4.55. The largest absolute Gasteiger partial charge is 0.361 e. The van der Waals surface area contributed by atoms with Gasteiger partial charge < -0.3 is 10.7 Å². The van der Waals surface area contributed by atoms with Crippen molar-refractivity contribution in [2.45, 2.75) is 44.7 Å². The maximum Gasteiger partial charge on any atom is 0.0456 e. The number of nitrogens with one attached hydrogen (secondary N) is 1. The molecule has 1 aromatic heterocycles. The number of piperidine rings is 1. The first-order chi connectivity index (χ1) is 10.7. The average molecular weight is 370 g/mol. The standard InChI is InChI=1S/C19H27N3.2ClH/c1-13(22-11-15-8-9-16(12-22)19(15)20)6-7-14-10-21-18-5-3-2-4-17(14)18;;/h2-5,10,13,15-16,19,21H,6-9,11-12,20H2,1H3;2*1H/t13?,15-,16+,19?;;. The van der Waals surface area contributed by atoms with Gasteiger partial charge in [-0.1, -0.05) is 18.2 Å². The third-order valence-corrected chi connectivity index (χ3v) is 6.06. The summed E-state index contributed by atoms with van der Waals surface area (Å²) in [5.74, 6) is 1.49. The number of aromatic nitrogens is 1. The second kappa shape index (κ2) is 8.09. The molecule has 134 valence electrons. The first-order valence-corrected chi connectivity index (χ1v) is 8.77. The van der Waals surface area contributed by atoms with Crippen molar-refractivity contribution in [1.29, 1.82) is 0 Å². The van der Waals surface area contributed by atoms with Crippen LogP contribution < -0.4 is 5.73 Å². The third-order valence-electron chi connectivity index (χ3n) is 6.06. The number of para-hydroxylation sites is 1. The number of rotatable bonds is 4. The van der Waals surface area contributed by atoms with Crippen molar-refractivity contribution >= 4 is 35.7 Å². The van der Waals surface area contributed by atoms with Crippen LogP contribution in [0.2, 0.25) is 0 Å². The van der Waals surface area contributed by atoms with E-state index in [0.717, 1.165) is 18.3 Å². The minimum atomic E-state index is 0. The van der Waals surface area contributed by atoms with Crippen LogP contribution in [0.15, 0.2) is 30.5 Å². The molecule has 2 fully saturated rings. The number of aryl methyl sites for hydroxylation is 1. The maximum atomic E-state index is 6.33. The molecule has 1 saturated heterocycles. The highest BCUT2D eigenvalue weighted by Gasteiger charge is 2.40. The smallest absolute Gasteiger partial charge is 0.0456 e. The minimum Gasteiger partial charge on any atom is -0.361 e. The van der Waals surface area contributed by atoms with Crippen molar-refractivity contribution in [1.82, 2.24) is 9.88 Å². The van der Waals surface area contributed by atoms with E-state index in [2.05, 4.69) is 47.3 Å². The predicted octanol–water partition coefficient (Wildman–Crippen LogP) is 4.00. The predicted molar refractivity (Wildman–Crippen MR) is 106 cm³/mol. The van der Waals surface area contributed by atoms with Gasteiger partial charge >= 0.3 is 0 Å². The molecule has 1 saturated carbocycles. The van der Waals surface area contributed by atoms with Crippen molar-refractivity contribution in [2.24, 2.45) is 17.6 Å². The number of likely N-dealkylation sites (tertiary alicyclic amines) is 1. The Kier molecular flexibility index (Phi) is 6.60. The molecular formula is C19H29Cl2N3. The lowest BCUT2D eigenvalue weighted by molar-refractivity contribution is 0.105. The molecule has 1 aromatic carbocycles. The van der Waals surface area contributed by atoms with Crippen LogP contribution in [0.3, 0.4) is 0 Å². The summed E-state index contributed by atoms with van der Waals surface area (Å²) in [5, 5.41) is 1.38. The molecular weight excluding hydrogens is 341 g/mol. The van der Waals surface area contributed by atoms with E-state index >= 15 is 0 Å². The average Bonchev–Trinajstić information content (AvgIpc) is 3.01. The summed E-state index contributed by atoms with van der Waals surface area (Å²) in [6.07, 6.45) is 7.27. The highest BCUT2D eigenvalue weighted by Crippen LogP contribution is 2.36. The molecule has 1 aliphatic heterocycles. The summed E-state index contributed by atoms with van der Waals surface area (Å²) in [7, 11) is 0. The van der Waals surface area contributed by atoms with E-state index in [0.29, 0.717) is 12.1 Å². The Morgan fingerprint density at radius 1 is 1.17 bits per heavy atom. The molecule has 0 amide bonds. The highest BCUT2D eigenvalue weighted by atomic mass is 35.5. The number of nitrogens with zero attached hydrogens (tertiary/aromatic N) is 1. The van der Waals surface area contributed by atoms with E-state index in [4.69, 9.17) is 5.73 Å². The SMILES string of the molecule is CC(CCc1c[nH]c2ccccc12)N1C[C@H]2CC[C@@H](C1)C2N.Cl.Cl. The molecule has 2 aliphatic rings. The quantitative estimate of drug-likeness (QED) is 0.855. The molecule has 4 atom stereocenters. The topological polar surface area (TPSA) is 45.0 Å². The molecule has 3 N–H and O–H groups in total. The number of fused-ring (bicyclic) bond motifs is 3. The maximum absolute atomic E-state index is 6.33. The number of aromatic amines is 1. The lowest BCUT2D eigenvalue weighted by Gasteiger charge is -2.39. The third kappa shape index (κ3) is 3.60. The minimum absolute atomic E-state index is 0. The fourth-order valence-corrected chi connectivity index (χ4v) is 4.55. The summed E-state index contributed by atoms with van der Waals surface area (Å²) in [6, 6.07) is 9.74. The monoisotopic (exact) mass is 369 g/mol. The van der Waals surface area contributed by atoms with Crippen molar-refractivity contribution in [3.05, 3.63) is 36.0 Å². The Balaban J connectivity index is 0.00000104. The van der Waals surface area contributed by atoms with Crippen LogP contribution in [-0.2, 0) is 6.42 Å². The number of benzene rings is 1. The van der Waals surface area contributed by atoms with Gasteiger partial charge in [0, 0.05) is 42.3 Å². The van der Waals surface area contributed by atoms with Gasteiger partial charge in [0.05, 0.1) is 0 Å². The molecule has 4 rings (SSSR count). The van der Waals surface area contributed by atoms with Crippen LogP contribution in [0.1, 0.15) is 31.7 Å². The van der Waals surface area contributed by atoms with E-state index < -0.39 is 0 Å². The van der Waals surface area contributed by atoms with E-state index in [1.54, 1.807) is 0 Å². The van der Waals surface area contributed by atoms with Gasteiger partial charge in [-0.2, -0.15) is 0 Å². The van der Waals surface area contributed by atoms with E-state index in [1.807, 2.05) is 0 Å². The van der Waals surface area contributed by atoms with Gasteiger partial charge in [0.1, 0.15) is 0 Å². The Hall–Kier alpha value is -0.740. The fraction of sp³-hybridized carbons (Fsp3) is 0.579. The molecule has 2 aromatic rings. The molecule has 3 nitrogen and oxygen atoms in total. The Bertz CT molecular complexity index is 643. The Morgan fingerprint density at radius 2 is 1.83 bits per heavy atom. The number of hydrogen-bond acceptors (Lipinski definition) is 2. The highest BCUT2D eigenvalue weighted by molar-refractivity contribution is 5.85. The van der Waals surface area contributed by atoms with Gasteiger partial charge in [-0.25, -0.2) is 0 Å². The van der Waals surface area contributed by atoms with Gasteiger partial charge in [0.15, 0.2) is 0 Å². The number of hydrogen-bond donors (Lipinski definition) is 2. The van der Waals surface area contributed by atoms with Crippen LogP contribution >= 0.6 is 24.8 Å². The molecule has 0 radical (unpaired) electrons. The molecule has 2 heterocycles. The van der Waals surface area contributed by atoms with E-state index in [1.165, 1.54) is 48.8 Å². The molecule has 5 heteroatoms. The summed E-state index contributed by atoms with van der Waals surface area (Å²) in [4.78, 5) is 6.09. The summed E-state index contributed by atoms with van der Waals surface area (Å²) in [5.41, 5.74) is 9.04. The van der Waals surface area contributed by atoms with Crippen molar-refractivity contribution < 1.29 is 0 Å². The lowest BCUT2D eigenvalue weighted by atomic mass is 9.91. The van der Waals surface area contributed by atoms with Crippen LogP contribution in [0.25, 0.3) is 10.9 Å².